The van der Waals surface area contributed by atoms with Gasteiger partial charge in [-0.25, -0.2) is 9.67 Å². The van der Waals surface area contributed by atoms with Crippen LogP contribution < -0.4 is 5.32 Å². The van der Waals surface area contributed by atoms with Crippen molar-refractivity contribution in [2.45, 2.75) is 46.1 Å². The van der Waals surface area contributed by atoms with Crippen LogP contribution in [0.4, 0.5) is 0 Å². The Morgan fingerprint density at radius 1 is 1.38 bits per heavy atom. The molecule has 1 N–H and O–H groups in total. The lowest BCUT2D eigenvalue weighted by Gasteiger charge is -2.12. The van der Waals surface area contributed by atoms with Crippen LogP contribution in [0, 0.1) is 5.92 Å². The molecular weight excluding hydrogens is 330 g/mol. The van der Waals surface area contributed by atoms with Crippen molar-refractivity contribution in [3.63, 3.8) is 0 Å². The average molecular weight is 357 g/mol. The predicted molar refractivity (Wildman–Crippen MR) is 99.6 cm³/mol. The fourth-order valence-corrected chi connectivity index (χ4v) is 3.50. The number of hydrogen-bond acceptors (Lipinski definition) is 4. The number of amides is 2. The zero-order valence-corrected chi connectivity index (χ0v) is 15.7. The van der Waals surface area contributed by atoms with Crippen molar-refractivity contribution < 1.29 is 9.59 Å². The molecule has 7 heteroatoms. The monoisotopic (exact) mass is 357 g/mol. The van der Waals surface area contributed by atoms with Crippen LogP contribution in [0.25, 0.3) is 11.0 Å². The first-order valence-corrected chi connectivity index (χ1v) is 9.29. The molecule has 26 heavy (non-hydrogen) atoms. The van der Waals surface area contributed by atoms with Gasteiger partial charge < -0.3 is 10.2 Å². The summed E-state index contributed by atoms with van der Waals surface area (Å²) in [6.07, 6.45) is 3.22. The van der Waals surface area contributed by atoms with E-state index in [2.05, 4.69) is 10.3 Å². The van der Waals surface area contributed by atoms with E-state index in [1.807, 2.05) is 35.6 Å². The standard InChI is InChI=1S/C19H27N5O2/c1-13(2)11-17(26)20-8-10-24-19-16(5-4-7-21-19)18(22-24)15-6-9-23(12-15)14(3)25/h4-5,7,13,15H,6,8-12H2,1-3H3,(H,20,26)/t15-/m0/s1. The van der Waals surface area contributed by atoms with Crippen molar-refractivity contribution in [3.05, 3.63) is 24.0 Å². The third-order valence-electron chi connectivity index (χ3n) is 4.80. The van der Waals surface area contributed by atoms with Gasteiger partial charge in [0.15, 0.2) is 5.65 Å². The first-order chi connectivity index (χ1) is 12.5. The molecule has 2 amide bonds. The van der Waals surface area contributed by atoms with Gasteiger partial charge in [-0.15, -0.1) is 0 Å². The molecule has 3 heterocycles. The average Bonchev–Trinajstić information content (AvgIpc) is 3.19. The van der Waals surface area contributed by atoms with Gasteiger partial charge in [-0.05, 0) is 24.5 Å². The molecular formula is C19H27N5O2. The van der Waals surface area contributed by atoms with Gasteiger partial charge in [0, 0.05) is 50.5 Å². The third-order valence-corrected chi connectivity index (χ3v) is 4.80. The fourth-order valence-electron chi connectivity index (χ4n) is 3.50. The van der Waals surface area contributed by atoms with Gasteiger partial charge >= 0.3 is 0 Å². The van der Waals surface area contributed by atoms with Crippen LogP contribution in [0.5, 0.6) is 0 Å². The van der Waals surface area contributed by atoms with Crippen molar-refractivity contribution in [2.75, 3.05) is 19.6 Å². The molecule has 1 aliphatic heterocycles. The first-order valence-electron chi connectivity index (χ1n) is 9.29. The zero-order chi connectivity index (χ0) is 18.7. The molecule has 1 fully saturated rings. The highest BCUT2D eigenvalue weighted by Gasteiger charge is 2.29. The molecule has 0 bridgehead atoms. The Labute approximate surface area is 153 Å². The summed E-state index contributed by atoms with van der Waals surface area (Å²) in [5, 5.41) is 8.77. The number of fused-ring (bicyclic) bond motifs is 1. The molecule has 1 atom stereocenters. The molecule has 0 spiro atoms. The molecule has 0 radical (unpaired) electrons. The van der Waals surface area contributed by atoms with E-state index in [1.54, 1.807) is 13.1 Å². The quantitative estimate of drug-likeness (QED) is 0.857. The van der Waals surface area contributed by atoms with Crippen LogP contribution in [0.15, 0.2) is 18.3 Å². The van der Waals surface area contributed by atoms with Crippen molar-refractivity contribution in [2.24, 2.45) is 5.92 Å². The van der Waals surface area contributed by atoms with Crippen LogP contribution in [0.3, 0.4) is 0 Å². The molecule has 140 valence electrons. The molecule has 0 saturated carbocycles. The van der Waals surface area contributed by atoms with E-state index in [0.717, 1.165) is 29.7 Å². The topological polar surface area (TPSA) is 80.1 Å². The van der Waals surface area contributed by atoms with E-state index in [4.69, 9.17) is 5.10 Å². The smallest absolute Gasteiger partial charge is 0.220 e. The van der Waals surface area contributed by atoms with Crippen molar-refractivity contribution >= 4 is 22.8 Å². The summed E-state index contributed by atoms with van der Waals surface area (Å²) in [5.41, 5.74) is 1.84. The summed E-state index contributed by atoms with van der Waals surface area (Å²) >= 11 is 0. The Kier molecular flexibility index (Phi) is 5.54. The Morgan fingerprint density at radius 3 is 2.88 bits per heavy atom. The Bertz CT molecular complexity index is 798. The van der Waals surface area contributed by atoms with Crippen molar-refractivity contribution in [1.29, 1.82) is 0 Å². The number of nitrogens with one attached hydrogen (secondary N) is 1. The minimum Gasteiger partial charge on any atom is -0.354 e. The second kappa shape index (κ2) is 7.85. The van der Waals surface area contributed by atoms with Crippen LogP contribution in [0.1, 0.15) is 45.2 Å². The number of carbonyl (C=O) groups is 2. The van der Waals surface area contributed by atoms with Gasteiger partial charge in [0.25, 0.3) is 0 Å². The number of carbonyl (C=O) groups excluding carboxylic acids is 2. The molecule has 2 aromatic heterocycles. The Morgan fingerprint density at radius 2 is 2.19 bits per heavy atom. The van der Waals surface area contributed by atoms with E-state index < -0.39 is 0 Å². The number of nitrogens with zero attached hydrogens (tertiary/aromatic N) is 4. The molecule has 1 aliphatic rings. The number of hydrogen-bond donors (Lipinski definition) is 1. The van der Waals surface area contributed by atoms with E-state index in [0.29, 0.717) is 32.0 Å². The lowest BCUT2D eigenvalue weighted by molar-refractivity contribution is -0.127. The van der Waals surface area contributed by atoms with E-state index >= 15 is 0 Å². The minimum absolute atomic E-state index is 0.0672. The van der Waals surface area contributed by atoms with E-state index in [1.165, 1.54) is 0 Å². The fraction of sp³-hybridized carbons (Fsp3) is 0.579. The first kappa shape index (κ1) is 18.4. The minimum atomic E-state index is 0.0672. The highest BCUT2D eigenvalue weighted by atomic mass is 16.2. The van der Waals surface area contributed by atoms with Crippen LogP contribution in [-0.2, 0) is 16.1 Å². The Balaban J connectivity index is 1.73. The van der Waals surface area contributed by atoms with Crippen molar-refractivity contribution in [3.8, 4) is 0 Å². The van der Waals surface area contributed by atoms with Gasteiger partial charge in [0.1, 0.15) is 0 Å². The number of rotatable bonds is 6. The molecule has 2 aromatic rings. The van der Waals surface area contributed by atoms with Gasteiger partial charge in [-0.1, -0.05) is 13.8 Å². The molecule has 1 saturated heterocycles. The van der Waals surface area contributed by atoms with E-state index in [-0.39, 0.29) is 17.7 Å². The number of likely N-dealkylation sites (tertiary alicyclic amines) is 1. The maximum atomic E-state index is 11.8. The largest absolute Gasteiger partial charge is 0.354 e. The normalized spacial score (nSPS) is 17.2. The highest BCUT2D eigenvalue weighted by molar-refractivity contribution is 5.79. The van der Waals surface area contributed by atoms with Gasteiger partial charge in [-0.3, -0.25) is 9.59 Å². The molecule has 7 nitrogen and oxygen atoms in total. The summed E-state index contributed by atoms with van der Waals surface area (Å²) in [6.45, 7) is 8.27. The SMILES string of the molecule is CC(=O)N1CC[C@H](c2nn(CCNC(=O)CC(C)C)c3ncccc23)C1. The second-order valence-corrected chi connectivity index (χ2v) is 7.38. The number of aromatic nitrogens is 3. The Hall–Kier alpha value is -2.44. The molecule has 0 unspecified atom stereocenters. The summed E-state index contributed by atoms with van der Waals surface area (Å²) < 4.78 is 1.87. The predicted octanol–water partition coefficient (Wildman–Crippen LogP) is 1.93. The van der Waals surface area contributed by atoms with Crippen LogP contribution in [0.2, 0.25) is 0 Å². The zero-order valence-electron chi connectivity index (χ0n) is 15.7. The summed E-state index contributed by atoms with van der Waals surface area (Å²) in [5.74, 6) is 0.766. The summed E-state index contributed by atoms with van der Waals surface area (Å²) in [4.78, 5) is 29.8. The maximum Gasteiger partial charge on any atom is 0.220 e. The highest BCUT2D eigenvalue weighted by Crippen LogP contribution is 2.31. The van der Waals surface area contributed by atoms with Crippen LogP contribution in [-0.4, -0.2) is 51.1 Å². The molecule has 3 rings (SSSR count). The third kappa shape index (κ3) is 4.03. The van der Waals surface area contributed by atoms with E-state index in [9.17, 15) is 9.59 Å². The van der Waals surface area contributed by atoms with Gasteiger partial charge in [0.05, 0.1) is 12.2 Å². The summed E-state index contributed by atoms with van der Waals surface area (Å²) in [7, 11) is 0. The molecule has 0 aromatic carbocycles. The lowest BCUT2D eigenvalue weighted by Crippen LogP contribution is -2.28. The molecule has 0 aliphatic carbocycles. The van der Waals surface area contributed by atoms with Gasteiger partial charge in [0.2, 0.25) is 11.8 Å². The van der Waals surface area contributed by atoms with Crippen molar-refractivity contribution in [1.82, 2.24) is 25.0 Å². The van der Waals surface area contributed by atoms with Crippen LogP contribution >= 0.6 is 0 Å². The number of pyridine rings is 1. The second-order valence-electron chi connectivity index (χ2n) is 7.38. The van der Waals surface area contributed by atoms with Gasteiger partial charge in [-0.2, -0.15) is 5.10 Å². The summed E-state index contributed by atoms with van der Waals surface area (Å²) in [6, 6.07) is 3.95. The lowest BCUT2D eigenvalue weighted by atomic mass is 10.0. The maximum absolute atomic E-state index is 11.8.